The van der Waals surface area contributed by atoms with Crippen LogP contribution in [0.2, 0.25) is 0 Å². The Hall–Kier alpha value is -2.69. The van der Waals surface area contributed by atoms with Gasteiger partial charge in [-0.05, 0) is 36.1 Å². The van der Waals surface area contributed by atoms with E-state index in [0.717, 1.165) is 11.0 Å². The number of fused-ring (bicyclic) bond motifs is 1. The second-order valence-corrected chi connectivity index (χ2v) is 8.08. The molecule has 0 aliphatic carbocycles. The Morgan fingerprint density at radius 3 is 2.25 bits per heavy atom. The lowest BCUT2D eigenvalue weighted by Crippen LogP contribution is -2.39. The fraction of sp³-hybridized carbons (Fsp3) is 0.391. The van der Waals surface area contributed by atoms with Crippen molar-refractivity contribution >= 4 is 16.9 Å². The minimum atomic E-state index is -0.340. The number of amides is 1. The fourth-order valence-electron chi connectivity index (χ4n) is 3.48. The van der Waals surface area contributed by atoms with Gasteiger partial charge in [0.15, 0.2) is 0 Å². The number of halogens is 1. The molecule has 148 valence electrons. The molecule has 3 aromatic rings. The highest BCUT2D eigenvalue weighted by molar-refractivity contribution is 5.84. The summed E-state index contributed by atoms with van der Waals surface area (Å²) in [6, 6.07) is 14.2. The number of carbonyl (C=O) groups excluding carboxylic acids is 1. The Morgan fingerprint density at radius 2 is 1.61 bits per heavy atom. The van der Waals surface area contributed by atoms with Crippen LogP contribution in [0.25, 0.3) is 22.4 Å². The molecule has 0 N–H and O–H groups in total. The fourth-order valence-corrected chi connectivity index (χ4v) is 3.48. The third kappa shape index (κ3) is 4.41. The molecule has 1 aromatic heterocycles. The van der Waals surface area contributed by atoms with Crippen molar-refractivity contribution in [2.24, 2.45) is 11.8 Å². The maximum atomic E-state index is 14.5. The maximum Gasteiger partial charge on any atom is 0.242 e. The van der Waals surface area contributed by atoms with E-state index >= 15 is 0 Å². The first kappa shape index (κ1) is 20.1. The van der Waals surface area contributed by atoms with Crippen molar-refractivity contribution < 1.29 is 9.18 Å². The first-order chi connectivity index (χ1) is 13.4. The SMILES string of the molecule is CC(C)CN(CC(C)C)C(=O)Cn1c(-c2ccccc2F)nc2ccccc21. The summed E-state index contributed by atoms with van der Waals surface area (Å²) in [6.07, 6.45) is 0. The van der Waals surface area contributed by atoms with Crippen LogP contribution in [0.1, 0.15) is 27.7 Å². The van der Waals surface area contributed by atoms with E-state index in [1.165, 1.54) is 6.07 Å². The monoisotopic (exact) mass is 381 g/mol. The van der Waals surface area contributed by atoms with Gasteiger partial charge in [-0.15, -0.1) is 0 Å². The molecular weight excluding hydrogens is 353 g/mol. The van der Waals surface area contributed by atoms with Crippen LogP contribution in [0, 0.1) is 17.7 Å². The van der Waals surface area contributed by atoms with Gasteiger partial charge in [-0.3, -0.25) is 4.79 Å². The molecule has 4 nitrogen and oxygen atoms in total. The van der Waals surface area contributed by atoms with Gasteiger partial charge >= 0.3 is 0 Å². The Bertz CT molecular complexity index is 951. The van der Waals surface area contributed by atoms with Crippen molar-refractivity contribution in [3.63, 3.8) is 0 Å². The molecule has 0 fully saturated rings. The van der Waals surface area contributed by atoms with Crippen molar-refractivity contribution in [1.82, 2.24) is 14.5 Å². The van der Waals surface area contributed by atoms with Crippen molar-refractivity contribution in [2.75, 3.05) is 13.1 Å². The number of para-hydroxylation sites is 2. The average Bonchev–Trinajstić information content (AvgIpc) is 2.99. The highest BCUT2D eigenvalue weighted by Gasteiger charge is 2.21. The highest BCUT2D eigenvalue weighted by Crippen LogP contribution is 2.27. The van der Waals surface area contributed by atoms with Crippen LogP contribution in [0.5, 0.6) is 0 Å². The molecule has 0 saturated heterocycles. The first-order valence-corrected chi connectivity index (χ1v) is 9.84. The molecule has 1 amide bonds. The molecule has 0 atom stereocenters. The predicted octanol–water partition coefficient (Wildman–Crippen LogP) is 4.98. The van der Waals surface area contributed by atoms with Gasteiger partial charge < -0.3 is 9.47 Å². The van der Waals surface area contributed by atoms with Gasteiger partial charge in [-0.2, -0.15) is 0 Å². The van der Waals surface area contributed by atoms with Gasteiger partial charge in [-0.25, -0.2) is 9.37 Å². The summed E-state index contributed by atoms with van der Waals surface area (Å²) in [4.78, 5) is 19.7. The molecule has 3 rings (SSSR count). The molecule has 0 radical (unpaired) electrons. The summed E-state index contributed by atoms with van der Waals surface area (Å²) < 4.78 is 16.3. The van der Waals surface area contributed by atoms with Gasteiger partial charge in [0.05, 0.1) is 16.6 Å². The van der Waals surface area contributed by atoms with Crippen molar-refractivity contribution in [1.29, 1.82) is 0 Å². The van der Waals surface area contributed by atoms with Gasteiger partial charge in [-0.1, -0.05) is 52.0 Å². The van der Waals surface area contributed by atoms with Crippen LogP contribution < -0.4 is 0 Å². The zero-order chi connectivity index (χ0) is 20.3. The Labute approximate surface area is 166 Å². The number of hydrogen-bond donors (Lipinski definition) is 0. The normalized spacial score (nSPS) is 11.5. The number of benzene rings is 2. The van der Waals surface area contributed by atoms with Crippen LogP contribution >= 0.6 is 0 Å². The second kappa shape index (κ2) is 8.55. The number of carbonyl (C=O) groups is 1. The number of imidazole rings is 1. The quantitative estimate of drug-likeness (QED) is 0.579. The molecule has 0 spiro atoms. The van der Waals surface area contributed by atoms with Gasteiger partial charge in [0.2, 0.25) is 5.91 Å². The summed E-state index contributed by atoms with van der Waals surface area (Å²) >= 11 is 0. The third-order valence-electron chi connectivity index (χ3n) is 4.59. The highest BCUT2D eigenvalue weighted by atomic mass is 19.1. The van der Waals surface area contributed by atoms with Gasteiger partial charge in [0.1, 0.15) is 18.2 Å². The van der Waals surface area contributed by atoms with Crippen LogP contribution in [0.15, 0.2) is 48.5 Å². The lowest BCUT2D eigenvalue weighted by molar-refractivity contribution is -0.132. The van der Waals surface area contributed by atoms with Crippen molar-refractivity contribution in [3.8, 4) is 11.4 Å². The minimum absolute atomic E-state index is 0.0307. The molecular formula is C23H28FN3O. The number of rotatable bonds is 7. The molecule has 0 aliphatic rings. The third-order valence-corrected chi connectivity index (χ3v) is 4.59. The summed E-state index contributed by atoms with van der Waals surface area (Å²) in [6.45, 7) is 9.99. The van der Waals surface area contributed by atoms with E-state index < -0.39 is 0 Å². The predicted molar refractivity (Wildman–Crippen MR) is 111 cm³/mol. The van der Waals surface area contributed by atoms with E-state index in [-0.39, 0.29) is 18.3 Å². The summed E-state index contributed by atoms with van der Waals surface area (Å²) in [5.74, 6) is 0.944. The largest absolute Gasteiger partial charge is 0.341 e. The molecule has 0 saturated carbocycles. The van der Waals surface area contributed by atoms with Crippen molar-refractivity contribution in [2.45, 2.75) is 34.2 Å². The molecule has 28 heavy (non-hydrogen) atoms. The smallest absolute Gasteiger partial charge is 0.242 e. The maximum absolute atomic E-state index is 14.5. The standard InChI is InChI=1S/C23H28FN3O/c1-16(2)13-26(14-17(3)4)22(28)15-27-21-12-8-7-11-20(21)25-23(27)18-9-5-6-10-19(18)24/h5-12,16-17H,13-15H2,1-4H3. The molecule has 0 bridgehead atoms. The Kier molecular flexibility index (Phi) is 6.12. The van der Waals surface area contributed by atoms with E-state index in [4.69, 9.17) is 0 Å². The molecule has 5 heteroatoms. The van der Waals surface area contributed by atoms with E-state index in [9.17, 15) is 9.18 Å². The zero-order valence-corrected chi connectivity index (χ0v) is 17.0. The van der Waals surface area contributed by atoms with Crippen LogP contribution in [0.4, 0.5) is 4.39 Å². The van der Waals surface area contributed by atoms with E-state index in [1.807, 2.05) is 33.7 Å². The van der Waals surface area contributed by atoms with Gasteiger partial charge in [0, 0.05) is 13.1 Å². The molecule has 0 unspecified atom stereocenters. The van der Waals surface area contributed by atoms with Crippen LogP contribution in [-0.4, -0.2) is 33.4 Å². The van der Waals surface area contributed by atoms with E-state index in [0.29, 0.717) is 36.3 Å². The summed E-state index contributed by atoms with van der Waals surface area (Å²) in [7, 11) is 0. The van der Waals surface area contributed by atoms with Crippen LogP contribution in [0.3, 0.4) is 0 Å². The van der Waals surface area contributed by atoms with Crippen LogP contribution in [-0.2, 0) is 11.3 Å². The topological polar surface area (TPSA) is 38.1 Å². The summed E-state index contributed by atoms with van der Waals surface area (Å²) in [5.41, 5.74) is 2.00. The van der Waals surface area contributed by atoms with E-state index in [2.05, 4.69) is 32.7 Å². The second-order valence-electron chi connectivity index (χ2n) is 8.08. The minimum Gasteiger partial charge on any atom is -0.341 e. The summed E-state index contributed by atoms with van der Waals surface area (Å²) in [5, 5.41) is 0. The average molecular weight is 381 g/mol. The molecule has 2 aromatic carbocycles. The first-order valence-electron chi connectivity index (χ1n) is 9.84. The lowest BCUT2D eigenvalue weighted by atomic mass is 10.1. The lowest BCUT2D eigenvalue weighted by Gasteiger charge is -2.27. The molecule has 1 heterocycles. The molecule has 0 aliphatic heterocycles. The number of hydrogen-bond acceptors (Lipinski definition) is 2. The Balaban J connectivity index is 2.03. The number of nitrogens with zero attached hydrogens (tertiary/aromatic N) is 3. The van der Waals surface area contributed by atoms with E-state index in [1.54, 1.807) is 18.2 Å². The zero-order valence-electron chi connectivity index (χ0n) is 17.0. The van der Waals surface area contributed by atoms with Gasteiger partial charge in [0.25, 0.3) is 0 Å². The number of aromatic nitrogens is 2. The Morgan fingerprint density at radius 1 is 1.00 bits per heavy atom. The van der Waals surface area contributed by atoms with Crippen molar-refractivity contribution in [3.05, 3.63) is 54.3 Å².